The molecular weight excluding hydrogens is 325 g/mol. The molecule has 0 aliphatic carbocycles. The van der Waals surface area contributed by atoms with E-state index in [0.717, 1.165) is 38.8 Å². The van der Waals surface area contributed by atoms with Crippen molar-refractivity contribution < 1.29 is 13.2 Å². The fraction of sp³-hybridized carbons (Fsp3) is 0.650. The monoisotopic (exact) mass is 354 g/mol. The molecule has 2 nitrogen and oxygen atoms in total. The van der Waals surface area contributed by atoms with Gasteiger partial charge in [0.05, 0.1) is 0 Å². The zero-order valence-electron chi connectivity index (χ0n) is 15.5. The van der Waals surface area contributed by atoms with E-state index < -0.39 is 17.3 Å². The van der Waals surface area contributed by atoms with Gasteiger partial charge in [0.25, 0.3) is 0 Å². The molecule has 2 rings (SSSR count). The van der Waals surface area contributed by atoms with Crippen molar-refractivity contribution in [3.05, 3.63) is 35.7 Å². The van der Waals surface area contributed by atoms with Crippen molar-refractivity contribution in [3.63, 3.8) is 0 Å². The second-order valence-corrected chi connectivity index (χ2v) is 7.83. The Labute approximate surface area is 149 Å². The average Bonchev–Trinajstić information content (AvgIpc) is 2.58. The maximum Gasteiger partial charge on any atom is 0.433 e. The summed E-state index contributed by atoms with van der Waals surface area (Å²) in [6, 6.07) is 0. The van der Waals surface area contributed by atoms with Crippen molar-refractivity contribution in [2.45, 2.75) is 65.5 Å². The van der Waals surface area contributed by atoms with Gasteiger partial charge in [-0.3, -0.25) is 0 Å². The molecule has 1 saturated heterocycles. The molecule has 0 atom stereocenters. The van der Waals surface area contributed by atoms with Crippen LogP contribution in [0.5, 0.6) is 0 Å². The molecular formula is C20H29F3N2. The highest BCUT2D eigenvalue weighted by molar-refractivity contribution is 6.01. The van der Waals surface area contributed by atoms with Gasteiger partial charge in [-0.25, -0.2) is 4.99 Å². The maximum atomic E-state index is 13.5. The summed E-state index contributed by atoms with van der Waals surface area (Å²) in [6.45, 7) is 7.23. The summed E-state index contributed by atoms with van der Waals surface area (Å²) >= 11 is 0. The summed E-state index contributed by atoms with van der Waals surface area (Å²) in [7, 11) is 0. The summed E-state index contributed by atoms with van der Waals surface area (Å²) in [6.07, 6.45) is 8.84. The van der Waals surface area contributed by atoms with E-state index in [2.05, 4.69) is 9.89 Å². The van der Waals surface area contributed by atoms with Crippen LogP contribution in [0.25, 0.3) is 0 Å². The molecule has 2 aliphatic rings. The van der Waals surface area contributed by atoms with Crippen LogP contribution < -0.4 is 0 Å². The standard InChI is InChI=1S/C20H29F3N2/c1-19(2,3)17-12-10-11-16(15-18(24-17)20(21,22)23)25-13-8-6-4-5-7-9-14-25/h10-12,15H,4-9,13-14H2,1-3H3. The summed E-state index contributed by atoms with van der Waals surface area (Å²) in [4.78, 5) is 6.06. The molecule has 0 radical (unpaired) electrons. The van der Waals surface area contributed by atoms with Crippen LogP contribution in [0.1, 0.15) is 59.3 Å². The quantitative estimate of drug-likeness (QED) is 0.561. The Morgan fingerprint density at radius 3 is 2.00 bits per heavy atom. The van der Waals surface area contributed by atoms with Crippen molar-refractivity contribution in [2.24, 2.45) is 10.4 Å². The molecule has 2 heterocycles. The van der Waals surface area contributed by atoms with Gasteiger partial charge in [-0.1, -0.05) is 52.5 Å². The highest BCUT2D eigenvalue weighted by atomic mass is 19.4. The van der Waals surface area contributed by atoms with Crippen LogP contribution in [0.15, 0.2) is 40.7 Å². The summed E-state index contributed by atoms with van der Waals surface area (Å²) < 4.78 is 40.6. The lowest BCUT2D eigenvalue weighted by Crippen LogP contribution is -2.29. The number of nitrogens with zero attached hydrogens (tertiary/aromatic N) is 2. The van der Waals surface area contributed by atoms with E-state index in [0.29, 0.717) is 11.4 Å². The van der Waals surface area contributed by atoms with Gasteiger partial charge in [0.1, 0.15) is 5.71 Å². The zero-order chi connectivity index (χ0) is 18.5. The Morgan fingerprint density at radius 1 is 0.920 bits per heavy atom. The molecule has 0 aromatic rings. The van der Waals surface area contributed by atoms with E-state index in [1.165, 1.54) is 18.9 Å². The van der Waals surface area contributed by atoms with Gasteiger partial charge >= 0.3 is 6.18 Å². The lowest BCUT2D eigenvalue weighted by atomic mass is 9.91. The van der Waals surface area contributed by atoms with Crippen LogP contribution in [-0.4, -0.2) is 29.9 Å². The minimum Gasteiger partial charge on any atom is -0.371 e. The molecule has 0 amide bonds. The Hall–Kier alpha value is -1.52. The molecule has 25 heavy (non-hydrogen) atoms. The van der Waals surface area contributed by atoms with Crippen molar-refractivity contribution in [2.75, 3.05) is 13.1 Å². The molecule has 0 spiro atoms. The highest BCUT2D eigenvalue weighted by Crippen LogP contribution is 2.31. The van der Waals surface area contributed by atoms with E-state index in [1.54, 1.807) is 12.2 Å². The van der Waals surface area contributed by atoms with E-state index in [1.807, 2.05) is 26.8 Å². The van der Waals surface area contributed by atoms with Gasteiger partial charge in [0.15, 0.2) is 0 Å². The Bertz CT molecular complexity index is 565. The fourth-order valence-electron chi connectivity index (χ4n) is 3.07. The lowest BCUT2D eigenvalue weighted by Gasteiger charge is -2.27. The number of hydrogen-bond acceptors (Lipinski definition) is 2. The van der Waals surface area contributed by atoms with Crippen LogP contribution in [-0.2, 0) is 0 Å². The number of aliphatic imine (C=N–C) groups is 1. The van der Waals surface area contributed by atoms with Crippen molar-refractivity contribution >= 4 is 5.71 Å². The third-order valence-corrected chi connectivity index (χ3v) is 4.58. The Morgan fingerprint density at radius 2 is 1.48 bits per heavy atom. The molecule has 0 aromatic heterocycles. The molecule has 0 N–H and O–H groups in total. The Balaban J connectivity index is 2.35. The van der Waals surface area contributed by atoms with Crippen LogP contribution in [0.4, 0.5) is 13.2 Å². The second-order valence-electron chi connectivity index (χ2n) is 7.83. The second kappa shape index (κ2) is 8.24. The smallest absolute Gasteiger partial charge is 0.371 e. The zero-order valence-corrected chi connectivity index (χ0v) is 15.5. The van der Waals surface area contributed by atoms with Crippen LogP contribution in [0, 0.1) is 5.41 Å². The maximum absolute atomic E-state index is 13.5. The number of allylic oxidation sites excluding steroid dienone is 5. The first kappa shape index (κ1) is 19.8. The van der Waals surface area contributed by atoms with Gasteiger partial charge < -0.3 is 4.90 Å². The minimum absolute atomic E-state index is 0.440. The molecule has 0 aromatic carbocycles. The first-order chi connectivity index (χ1) is 11.7. The number of rotatable bonds is 1. The van der Waals surface area contributed by atoms with Gasteiger partial charge in [-0.2, -0.15) is 13.2 Å². The number of hydrogen-bond donors (Lipinski definition) is 0. The largest absolute Gasteiger partial charge is 0.433 e. The number of alkyl halides is 3. The third-order valence-electron chi connectivity index (χ3n) is 4.58. The first-order valence-corrected chi connectivity index (χ1v) is 9.19. The molecule has 2 aliphatic heterocycles. The topological polar surface area (TPSA) is 15.6 Å². The molecule has 0 bridgehead atoms. The van der Waals surface area contributed by atoms with Gasteiger partial charge in [0, 0.05) is 29.9 Å². The molecule has 1 fully saturated rings. The first-order valence-electron chi connectivity index (χ1n) is 9.19. The fourth-order valence-corrected chi connectivity index (χ4v) is 3.07. The highest BCUT2D eigenvalue weighted by Gasteiger charge is 2.36. The van der Waals surface area contributed by atoms with Crippen molar-refractivity contribution in [1.29, 1.82) is 0 Å². The van der Waals surface area contributed by atoms with Crippen LogP contribution >= 0.6 is 0 Å². The minimum atomic E-state index is -4.46. The molecule has 0 unspecified atom stereocenters. The summed E-state index contributed by atoms with van der Waals surface area (Å²) in [5, 5.41) is 0. The van der Waals surface area contributed by atoms with E-state index in [9.17, 15) is 13.2 Å². The predicted octanol–water partition coefficient (Wildman–Crippen LogP) is 6.03. The van der Waals surface area contributed by atoms with Crippen LogP contribution in [0.2, 0.25) is 0 Å². The number of halogens is 3. The summed E-state index contributed by atoms with van der Waals surface area (Å²) in [5.74, 6) is 0. The average molecular weight is 354 g/mol. The normalized spacial score (nSPS) is 21.2. The molecule has 140 valence electrons. The van der Waals surface area contributed by atoms with Gasteiger partial charge in [-0.05, 0) is 31.1 Å². The lowest BCUT2D eigenvalue weighted by molar-refractivity contribution is -0.0578. The third kappa shape index (κ3) is 6.05. The van der Waals surface area contributed by atoms with Crippen molar-refractivity contribution in [1.82, 2.24) is 4.90 Å². The molecule has 0 saturated carbocycles. The van der Waals surface area contributed by atoms with Crippen LogP contribution in [0.3, 0.4) is 0 Å². The Kier molecular flexibility index (Phi) is 6.53. The van der Waals surface area contributed by atoms with Gasteiger partial charge in [-0.15, -0.1) is 0 Å². The van der Waals surface area contributed by atoms with E-state index >= 15 is 0 Å². The van der Waals surface area contributed by atoms with Crippen molar-refractivity contribution in [3.8, 4) is 0 Å². The SMILES string of the molecule is CC(C)(C)C1=CC=CC(N2CCCCCCCC2)=CC(C(F)(F)F)=N1. The van der Waals surface area contributed by atoms with Gasteiger partial charge in [0.2, 0.25) is 0 Å². The van der Waals surface area contributed by atoms with E-state index in [4.69, 9.17) is 0 Å². The molecule has 5 heteroatoms. The summed E-state index contributed by atoms with van der Waals surface area (Å²) in [5.41, 5.74) is -0.198. The van der Waals surface area contributed by atoms with E-state index in [-0.39, 0.29) is 0 Å². The predicted molar refractivity (Wildman–Crippen MR) is 97.5 cm³/mol.